The fourth-order valence-electron chi connectivity index (χ4n) is 3.12. The van der Waals surface area contributed by atoms with Crippen molar-refractivity contribution in [2.24, 2.45) is 0 Å². The molecule has 0 unspecified atom stereocenters. The minimum atomic E-state index is -0.658. The number of halogens is 1. The Morgan fingerprint density at radius 3 is 2.71 bits per heavy atom. The zero-order valence-electron chi connectivity index (χ0n) is 20.0. The Bertz CT molecular complexity index is 1220. The first-order chi connectivity index (χ1) is 16.1. The van der Waals surface area contributed by atoms with Gasteiger partial charge in [-0.15, -0.1) is 11.3 Å². The average molecular weight is 488 g/mol. The van der Waals surface area contributed by atoms with Crippen molar-refractivity contribution < 1.29 is 13.9 Å². The maximum absolute atomic E-state index is 13.3. The molecule has 0 bridgehead atoms. The van der Waals surface area contributed by atoms with Gasteiger partial charge in [-0.3, -0.25) is 4.57 Å². The number of aromatic nitrogens is 3. The van der Waals surface area contributed by atoms with E-state index in [0.29, 0.717) is 12.9 Å². The van der Waals surface area contributed by atoms with Crippen molar-refractivity contribution in [3.63, 3.8) is 0 Å². The first-order valence-corrected chi connectivity index (χ1v) is 11.6. The summed E-state index contributed by atoms with van der Waals surface area (Å²) in [5, 5.41) is 6.71. The minimum absolute atomic E-state index is 0.113. The molecule has 1 N–H and O–H groups in total. The number of rotatable bonds is 8. The Hall–Kier alpha value is -3.40. The average Bonchev–Trinajstić information content (AvgIpc) is 3.37. The van der Waals surface area contributed by atoms with Gasteiger partial charge in [0.05, 0.1) is 19.4 Å². The van der Waals surface area contributed by atoms with Crippen LogP contribution >= 0.6 is 11.3 Å². The first-order valence-electron chi connectivity index (χ1n) is 10.8. The van der Waals surface area contributed by atoms with Gasteiger partial charge in [-0.05, 0) is 50.6 Å². The molecule has 34 heavy (non-hydrogen) atoms. The van der Waals surface area contributed by atoms with Crippen molar-refractivity contribution in [2.75, 3.05) is 25.6 Å². The molecule has 8 nitrogen and oxygen atoms in total. The maximum atomic E-state index is 13.3. The Morgan fingerprint density at radius 2 is 2.03 bits per heavy atom. The zero-order valence-corrected chi connectivity index (χ0v) is 20.9. The Balaban J connectivity index is 1.64. The number of carbonyl (C=O) groups excluding carboxylic acids is 1. The van der Waals surface area contributed by atoms with E-state index < -0.39 is 11.6 Å². The van der Waals surface area contributed by atoms with Gasteiger partial charge >= 0.3 is 11.8 Å². The highest BCUT2D eigenvalue weighted by atomic mass is 32.1. The predicted molar refractivity (Wildman–Crippen MR) is 133 cm³/mol. The summed E-state index contributed by atoms with van der Waals surface area (Å²) in [6.07, 6.45) is 1.11. The lowest BCUT2D eigenvalue weighted by Crippen LogP contribution is -2.41. The highest BCUT2D eigenvalue weighted by molar-refractivity contribution is 7.15. The number of anilines is 1. The largest absolute Gasteiger partial charge is 0.445 e. The number of hydrogen-bond donors (Lipinski definition) is 1. The fraction of sp³-hybridized carbons (Fsp3) is 0.375. The van der Waals surface area contributed by atoms with Gasteiger partial charge in [0.2, 0.25) is 0 Å². The molecule has 0 fully saturated rings. The Morgan fingerprint density at radius 1 is 1.26 bits per heavy atom. The highest BCUT2D eigenvalue weighted by Gasteiger charge is 2.16. The van der Waals surface area contributed by atoms with E-state index in [1.807, 2.05) is 64.0 Å². The number of nitrogens with zero attached hydrogens (tertiary/aromatic N) is 4. The number of nitrogens with one attached hydrogen (secondary N) is 1. The van der Waals surface area contributed by atoms with Crippen LogP contribution < -0.4 is 15.9 Å². The summed E-state index contributed by atoms with van der Waals surface area (Å²) in [5.74, 6) is 0. The van der Waals surface area contributed by atoms with E-state index in [0.717, 1.165) is 25.7 Å². The van der Waals surface area contributed by atoms with Gasteiger partial charge in [0.25, 0.3) is 0 Å². The summed E-state index contributed by atoms with van der Waals surface area (Å²) in [4.78, 5) is 28.7. The van der Waals surface area contributed by atoms with Crippen LogP contribution in [0, 0.1) is 0 Å². The van der Waals surface area contributed by atoms with E-state index in [4.69, 9.17) is 4.74 Å². The van der Waals surface area contributed by atoms with Crippen molar-refractivity contribution >= 4 is 23.1 Å². The molecule has 2 heterocycles. The van der Waals surface area contributed by atoms with Crippen molar-refractivity contribution in [3.8, 4) is 10.4 Å². The van der Waals surface area contributed by atoms with Crippen molar-refractivity contribution in [1.82, 2.24) is 19.7 Å². The Kier molecular flexibility index (Phi) is 7.93. The van der Waals surface area contributed by atoms with Crippen molar-refractivity contribution in [1.29, 1.82) is 0 Å². The van der Waals surface area contributed by atoms with Crippen molar-refractivity contribution in [3.05, 3.63) is 70.0 Å². The van der Waals surface area contributed by atoms with Gasteiger partial charge in [0.1, 0.15) is 12.9 Å². The quantitative estimate of drug-likeness (QED) is 0.513. The summed E-state index contributed by atoms with van der Waals surface area (Å²) in [7, 11) is 4.00. The lowest BCUT2D eigenvalue weighted by molar-refractivity contribution is 0.145. The fourth-order valence-corrected chi connectivity index (χ4v) is 4.12. The Labute approximate surface area is 202 Å². The summed E-state index contributed by atoms with van der Waals surface area (Å²) in [6, 6.07) is 12.3. The molecular weight excluding hydrogens is 457 g/mol. The van der Waals surface area contributed by atoms with E-state index in [2.05, 4.69) is 22.5 Å². The first kappa shape index (κ1) is 25.2. The van der Waals surface area contributed by atoms with E-state index in [9.17, 15) is 14.0 Å². The molecule has 1 amide bonds. The van der Waals surface area contributed by atoms with E-state index in [-0.39, 0.29) is 24.4 Å². The number of carbonyl (C=O) groups is 1. The zero-order chi connectivity index (χ0) is 24.9. The molecule has 0 aliphatic carbocycles. The molecule has 0 atom stereocenters. The van der Waals surface area contributed by atoms with Crippen LogP contribution in [0.3, 0.4) is 0 Å². The van der Waals surface area contributed by atoms with Crippen LogP contribution in [0.5, 0.6) is 0 Å². The number of amides is 1. The number of alkyl carbamates (subject to hydrolysis) is 1. The lowest BCUT2D eigenvalue weighted by Gasteiger charge is -2.20. The number of benzene rings is 1. The van der Waals surface area contributed by atoms with E-state index in [1.54, 1.807) is 11.3 Å². The number of hydrogen-bond acceptors (Lipinski definition) is 6. The molecule has 0 saturated carbocycles. The van der Waals surface area contributed by atoms with Gasteiger partial charge < -0.3 is 15.0 Å². The number of thiophene rings is 1. The summed E-state index contributed by atoms with van der Waals surface area (Å²) >= 11 is 1.60. The molecule has 0 aliphatic rings. The third-order valence-electron chi connectivity index (χ3n) is 4.80. The summed E-state index contributed by atoms with van der Waals surface area (Å²) in [5.41, 5.74) is 1.50. The van der Waals surface area contributed by atoms with Crippen molar-refractivity contribution in [2.45, 2.75) is 39.4 Å². The third kappa shape index (κ3) is 6.80. The molecule has 0 radical (unpaired) electrons. The van der Waals surface area contributed by atoms with Crippen LogP contribution in [-0.2, 0) is 17.8 Å². The molecule has 1 aromatic carbocycles. The molecule has 182 valence electrons. The molecule has 0 aliphatic heterocycles. The smallest absolute Gasteiger partial charge is 0.407 e. The van der Waals surface area contributed by atoms with Gasteiger partial charge in [-0.2, -0.15) is 5.10 Å². The molecule has 0 spiro atoms. The maximum Gasteiger partial charge on any atom is 0.407 e. The molecule has 10 heteroatoms. The molecule has 2 aromatic heterocycles. The predicted octanol–water partition coefficient (Wildman–Crippen LogP) is 4.27. The second kappa shape index (κ2) is 10.7. The molecule has 0 saturated heterocycles. The second-order valence-electron chi connectivity index (χ2n) is 9.13. The standard InChI is InChI=1S/C24H30FN5O3S/c1-24(2,3)27-22(31)33-15-17(12-25)13-30-23(32)29(16-26-30)14-20-9-10-21(34-20)18-7-6-8-19(11-18)28(4)5/h6-12,16H,13-15H2,1-5H3,(H,27,31)/b17-12+. The SMILES string of the molecule is CN(C)c1cccc(-c2ccc(Cn3cnn(C/C(=C\F)COC(=O)NC(C)(C)C)c3=O)s2)c1. The normalized spacial score (nSPS) is 12.0. The lowest BCUT2D eigenvalue weighted by atomic mass is 10.1. The van der Waals surface area contributed by atoms with Crippen LogP contribution in [0.15, 0.2) is 59.4 Å². The van der Waals surface area contributed by atoms with E-state index >= 15 is 0 Å². The minimum Gasteiger partial charge on any atom is -0.445 e. The van der Waals surface area contributed by atoms with Crippen LogP contribution in [0.4, 0.5) is 14.9 Å². The van der Waals surface area contributed by atoms with Gasteiger partial charge in [-0.25, -0.2) is 18.7 Å². The van der Waals surface area contributed by atoms with Crippen LogP contribution in [0.2, 0.25) is 0 Å². The van der Waals surface area contributed by atoms with Crippen LogP contribution in [0.25, 0.3) is 10.4 Å². The van der Waals surface area contributed by atoms with Gasteiger partial charge in [0, 0.05) is 40.6 Å². The topological polar surface area (TPSA) is 81.4 Å². The second-order valence-corrected chi connectivity index (χ2v) is 10.3. The molecule has 3 rings (SSSR count). The highest BCUT2D eigenvalue weighted by Crippen LogP contribution is 2.30. The number of ether oxygens (including phenoxy) is 1. The van der Waals surface area contributed by atoms with Gasteiger partial charge in [0.15, 0.2) is 0 Å². The monoisotopic (exact) mass is 487 g/mol. The van der Waals surface area contributed by atoms with Crippen LogP contribution in [0.1, 0.15) is 25.6 Å². The van der Waals surface area contributed by atoms with Crippen LogP contribution in [-0.4, -0.2) is 46.7 Å². The van der Waals surface area contributed by atoms with E-state index in [1.165, 1.54) is 10.9 Å². The third-order valence-corrected chi connectivity index (χ3v) is 5.92. The van der Waals surface area contributed by atoms with Gasteiger partial charge in [-0.1, -0.05) is 12.1 Å². The summed E-state index contributed by atoms with van der Waals surface area (Å²) in [6.45, 7) is 5.39. The molecular formula is C24H30FN5O3S. The summed E-state index contributed by atoms with van der Waals surface area (Å²) < 4.78 is 21.0. The molecule has 3 aromatic rings.